The number of unbranched alkanes of at least 4 members (excludes halogenated alkanes) is 24. The molecule has 0 aliphatic carbocycles. The van der Waals surface area contributed by atoms with Crippen LogP contribution in [0.3, 0.4) is 0 Å². The molecule has 0 saturated heterocycles. The number of rotatable bonds is 37. The van der Waals surface area contributed by atoms with E-state index in [4.69, 9.17) is 9.84 Å². The number of carbonyl (C=O) groups is 2. The van der Waals surface area contributed by atoms with Crippen LogP contribution < -0.4 is 0 Å². The summed E-state index contributed by atoms with van der Waals surface area (Å²) in [5, 5.41) is 8.82. The highest BCUT2D eigenvalue weighted by molar-refractivity contribution is 5.69. The topological polar surface area (TPSA) is 63.6 Å². The first-order chi connectivity index (χ1) is 22.6. The summed E-state index contributed by atoms with van der Waals surface area (Å²) in [7, 11) is 0. The number of hydrogen-bond donors (Lipinski definition) is 1. The lowest BCUT2D eigenvalue weighted by Crippen LogP contribution is -2.18. The highest BCUT2D eigenvalue weighted by Gasteiger charge is 2.14. The van der Waals surface area contributed by atoms with Crippen molar-refractivity contribution in [2.24, 2.45) is 0 Å². The second kappa shape index (κ2) is 37.9. The van der Waals surface area contributed by atoms with Crippen molar-refractivity contribution >= 4 is 11.9 Å². The lowest BCUT2D eigenvalue weighted by atomic mass is 10.0. The van der Waals surface area contributed by atoms with Crippen molar-refractivity contribution in [1.29, 1.82) is 0 Å². The van der Waals surface area contributed by atoms with E-state index in [9.17, 15) is 9.59 Å². The van der Waals surface area contributed by atoms with E-state index in [-0.39, 0.29) is 18.5 Å². The number of hydrogen-bond acceptors (Lipinski definition) is 3. The van der Waals surface area contributed by atoms with Gasteiger partial charge in [-0.3, -0.25) is 9.59 Å². The highest BCUT2D eigenvalue weighted by atomic mass is 16.5. The third kappa shape index (κ3) is 36.9. The van der Waals surface area contributed by atoms with Crippen molar-refractivity contribution in [1.82, 2.24) is 0 Å². The second-order valence-electron chi connectivity index (χ2n) is 13.8. The fraction of sp³-hybridized carbons (Fsp3) is 0.857. The van der Waals surface area contributed by atoms with Gasteiger partial charge in [0, 0.05) is 12.8 Å². The van der Waals surface area contributed by atoms with Gasteiger partial charge in [0.25, 0.3) is 0 Å². The van der Waals surface area contributed by atoms with Crippen LogP contribution in [0.1, 0.15) is 226 Å². The van der Waals surface area contributed by atoms with Crippen molar-refractivity contribution in [3.63, 3.8) is 0 Å². The Labute approximate surface area is 287 Å². The van der Waals surface area contributed by atoms with Crippen molar-refractivity contribution in [2.45, 2.75) is 232 Å². The van der Waals surface area contributed by atoms with Crippen LogP contribution in [0.25, 0.3) is 0 Å². The standard InChI is InChI=1S/C42H78O4/c1-3-5-7-9-11-13-15-17-18-20-21-23-25-28-32-36-40(37-33-29-27-30-34-38-41(43)44)46-42(45)39-35-31-26-24-22-19-16-14-12-10-8-6-4-2/h14,16,20-21,40H,3-13,15,17-19,22-39H2,1-2H3,(H,43,44)/b16-14-,21-20-. The normalized spacial score (nSPS) is 12.4. The molecule has 46 heavy (non-hydrogen) atoms. The molecule has 4 heteroatoms. The SMILES string of the molecule is CCCCCC/C=C\CCCCCCCC(=O)OC(CCCCC/C=C\CCCCCCCCCC)CCCCCCCC(=O)O. The number of aliphatic carboxylic acids is 1. The number of ether oxygens (including phenoxy) is 1. The molecule has 0 bridgehead atoms. The number of carbonyl (C=O) groups excluding carboxylic acids is 1. The summed E-state index contributed by atoms with van der Waals surface area (Å²) in [5.41, 5.74) is 0. The maximum Gasteiger partial charge on any atom is 0.306 e. The zero-order valence-electron chi connectivity index (χ0n) is 30.9. The molecule has 1 unspecified atom stereocenters. The van der Waals surface area contributed by atoms with Gasteiger partial charge in [-0.1, -0.05) is 147 Å². The average molecular weight is 647 g/mol. The van der Waals surface area contributed by atoms with Gasteiger partial charge in [0.1, 0.15) is 6.10 Å². The molecule has 0 aromatic rings. The van der Waals surface area contributed by atoms with E-state index in [0.717, 1.165) is 70.6 Å². The molecule has 0 aromatic heterocycles. The minimum Gasteiger partial charge on any atom is -0.481 e. The Bertz CT molecular complexity index is 698. The molecule has 0 rings (SSSR count). The Morgan fingerprint density at radius 1 is 0.457 bits per heavy atom. The van der Waals surface area contributed by atoms with E-state index in [1.807, 2.05) is 0 Å². The molecule has 0 heterocycles. The van der Waals surface area contributed by atoms with Crippen LogP contribution in [-0.4, -0.2) is 23.1 Å². The van der Waals surface area contributed by atoms with Gasteiger partial charge in [0.05, 0.1) is 0 Å². The molecule has 0 spiro atoms. The van der Waals surface area contributed by atoms with Crippen LogP contribution in [0, 0.1) is 0 Å². The minimum atomic E-state index is -0.702. The highest BCUT2D eigenvalue weighted by Crippen LogP contribution is 2.18. The van der Waals surface area contributed by atoms with Gasteiger partial charge in [-0.2, -0.15) is 0 Å². The average Bonchev–Trinajstić information content (AvgIpc) is 3.04. The van der Waals surface area contributed by atoms with Crippen LogP contribution in [-0.2, 0) is 14.3 Å². The fourth-order valence-corrected chi connectivity index (χ4v) is 6.11. The van der Waals surface area contributed by atoms with Gasteiger partial charge >= 0.3 is 11.9 Å². The molecule has 0 aliphatic rings. The fourth-order valence-electron chi connectivity index (χ4n) is 6.11. The predicted molar refractivity (Wildman–Crippen MR) is 200 cm³/mol. The Balaban J connectivity index is 4.08. The van der Waals surface area contributed by atoms with Gasteiger partial charge in [-0.05, 0) is 89.9 Å². The summed E-state index contributed by atoms with van der Waals surface area (Å²) in [6.07, 6.45) is 47.7. The lowest BCUT2D eigenvalue weighted by Gasteiger charge is -2.18. The summed E-state index contributed by atoms with van der Waals surface area (Å²) >= 11 is 0. The number of esters is 1. The number of allylic oxidation sites excluding steroid dienone is 4. The third-order valence-corrected chi connectivity index (χ3v) is 9.15. The van der Waals surface area contributed by atoms with Crippen molar-refractivity contribution in [2.75, 3.05) is 0 Å². The molecule has 1 atom stereocenters. The molecule has 4 nitrogen and oxygen atoms in total. The predicted octanol–water partition coefficient (Wildman–Crippen LogP) is 14.0. The maximum atomic E-state index is 12.7. The van der Waals surface area contributed by atoms with Gasteiger partial charge in [0.15, 0.2) is 0 Å². The van der Waals surface area contributed by atoms with E-state index in [2.05, 4.69) is 38.2 Å². The number of carboxylic acid groups (broad SMARTS) is 1. The van der Waals surface area contributed by atoms with Gasteiger partial charge < -0.3 is 9.84 Å². The van der Waals surface area contributed by atoms with Crippen LogP contribution in [0.5, 0.6) is 0 Å². The first kappa shape index (κ1) is 44.4. The lowest BCUT2D eigenvalue weighted by molar-refractivity contribution is -0.150. The molecule has 0 saturated carbocycles. The second-order valence-corrected chi connectivity index (χ2v) is 13.8. The molecule has 0 aliphatic heterocycles. The molecule has 0 amide bonds. The molecule has 270 valence electrons. The van der Waals surface area contributed by atoms with Crippen molar-refractivity contribution in [3.8, 4) is 0 Å². The van der Waals surface area contributed by atoms with Crippen molar-refractivity contribution in [3.05, 3.63) is 24.3 Å². The summed E-state index contributed by atoms with van der Waals surface area (Å²) < 4.78 is 6.00. The zero-order chi connectivity index (χ0) is 33.6. The van der Waals surface area contributed by atoms with Crippen molar-refractivity contribution < 1.29 is 19.4 Å². The molecule has 0 aromatic carbocycles. The van der Waals surface area contributed by atoms with Crippen LogP contribution in [0.2, 0.25) is 0 Å². The van der Waals surface area contributed by atoms with Gasteiger partial charge in [-0.25, -0.2) is 0 Å². The smallest absolute Gasteiger partial charge is 0.306 e. The van der Waals surface area contributed by atoms with E-state index >= 15 is 0 Å². The summed E-state index contributed by atoms with van der Waals surface area (Å²) in [6, 6.07) is 0. The monoisotopic (exact) mass is 647 g/mol. The third-order valence-electron chi connectivity index (χ3n) is 9.15. The molecule has 0 fully saturated rings. The summed E-state index contributed by atoms with van der Waals surface area (Å²) in [5.74, 6) is -0.715. The van der Waals surface area contributed by atoms with Crippen LogP contribution in [0.15, 0.2) is 24.3 Å². The molecular weight excluding hydrogens is 568 g/mol. The van der Waals surface area contributed by atoms with Crippen LogP contribution in [0.4, 0.5) is 0 Å². The Hall–Kier alpha value is -1.58. The Morgan fingerprint density at radius 3 is 1.22 bits per heavy atom. The summed E-state index contributed by atoms with van der Waals surface area (Å²) in [6.45, 7) is 4.54. The molecule has 1 N–H and O–H groups in total. The first-order valence-electron chi connectivity index (χ1n) is 20.3. The van der Waals surface area contributed by atoms with Gasteiger partial charge in [-0.15, -0.1) is 0 Å². The Morgan fingerprint density at radius 2 is 0.783 bits per heavy atom. The quantitative estimate of drug-likeness (QED) is 0.0414. The van der Waals surface area contributed by atoms with Gasteiger partial charge in [0.2, 0.25) is 0 Å². The maximum absolute atomic E-state index is 12.7. The number of carboxylic acids is 1. The molecule has 0 radical (unpaired) electrons. The first-order valence-corrected chi connectivity index (χ1v) is 20.3. The zero-order valence-corrected chi connectivity index (χ0v) is 30.9. The van der Waals surface area contributed by atoms with E-state index in [0.29, 0.717) is 6.42 Å². The Kier molecular flexibility index (Phi) is 36.6. The minimum absolute atomic E-state index is 0.0126. The van der Waals surface area contributed by atoms with E-state index < -0.39 is 5.97 Å². The molecular formula is C42H78O4. The largest absolute Gasteiger partial charge is 0.481 e. The van der Waals surface area contributed by atoms with E-state index in [1.165, 1.54) is 128 Å². The summed E-state index contributed by atoms with van der Waals surface area (Å²) in [4.78, 5) is 23.4. The van der Waals surface area contributed by atoms with Crippen LogP contribution >= 0.6 is 0 Å². The van der Waals surface area contributed by atoms with E-state index in [1.54, 1.807) is 0 Å².